The number of hydrogen-bond acceptors (Lipinski definition) is 7. The molecular weight excluding hydrogens is 374 g/mol. The number of benzene rings is 1. The summed E-state index contributed by atoms with van der Waals surface area (Å²) < 4.78 is 27.4. The Hall–Kier alpha value is -2.06. The zero-order chi connectivity index (χ0) is 20.5. The van der Waals surface area contributed by atoms with Crippen LogP contribution in [0.2, 0.25) is 0 Å². The molecule has 0 unspecified atom stereocenters. The van der Waals surface area contributed by atoms with E-state index < -0.39 is 6.10 Å². The van der Waals surface area contributed by atoms with Gasteiger partial charge in [-0.2, -0.15) is 0 Å². The lowest BCUT2D eigenvalue weighted by Crippen LogP contribution is -2.39. The Labute approximate surface area is 172 Å². The normalized spacial score (nSPS) is 17.6. The fourth-order valence-corrected chi connectivity index (χ4v) is 3.56. The quantitative estimate of drug-likeness (QED) is 0.582. The van der Waals surface area contributed by atoms with E-state index in [1.165, 1.54) is 0 Å². The van der Waals surface area contributed by atoms with Crippen LogP contribution in [0.1, 0.15) is 24.2 Å². The number of rotatable bonds is 12. The van der Waals surface area contributed by atoms with Crippen LogP contribution in [0.15, 0.2) is 41.0 Å². The summed E-state index contributed by atoms with van der Waals surface area (Å²) in [5, 5.41) is 10.5. The van der Waals surface area contributed by atoms with Crippen LogP contribution < -0.4 is 9.47 Å². The first-order valence-corrected chi connectivity index (χ1v) is 10.0. The summed E-state index contributed by atoms with van der Waals surface area (Å²) in [6, 6.07) is 9.57. The molecule has 160 valence electrons. The molecule has 0 saturated carbocycles. The molecule has 1 saturated heterocycles. The highest BCUT2D eigenvalue weighted by molar-refractivity contribution is 5.42. The van der Waals surface area contributed by atoms with Crippen LogP contribution in [0, 0.1) is 0 Å². The number of nitrogens with zero attached hydrogens (tertiary/aromatic N) is 1. The molecule has 29 heavy (non-hydrogen) atoms. The molecule has 3 rings (SSSR count). The van der Waals surface area contributed by atoms with E-state index in [0.717, 1.165) is 37.3 Å². The van der Waals surface area contributed by atoms with E-state index in [1.54, 1.807) is 20.5 Å². The summed E-state index contributed by atoms with van der Waals surface area (Å²) in [5.41, 5.74) is 1.09. The third-order valence-corrected chi connectivity index (χ3v) is 4.94. The van der Waals surface area contributed by atoms with Gasteiger partial charge in [-0.3, -0.25) is 4.90 Å². The number of furan rings is 1. The molecule has 0 amide bonds. The lowest BCUT2D eigenvalue weighted by atomic mass is 10.1. The molecule has 0 spiro atoms. The fourth-order valence-electron chi connectivity index (χ4n) is 3.56. The second-order valence-electron chi connectivity index (χ2n) is 7.27. The van der Waals surface area contributed by atoms with Gasteiger partial charge in [-0.15, -0.1) is 0 Å². The average Bonchev–Trinajstić information content (AvgIpc) is 3.42. The molecule has 0 bridgehead atoms. The van der Waals surface area contributed by atoms with E-state index in [4.69, 9.17) is 23.4 Å². The van der Waals surface area contributed by atoms with Gasteiger partial charge in [0.25, 0.3) is 0 Å². The van der Waals surface area contributed by atoms with Gasteiger partial charge in [0.1, 0.15) is 12.4 Å². The molecule has 2 atom stereocenters. The van der Waals surface area contributed by atoms with E-state index in [0.29, 0.717) is 31.2 Å². The SMILES string of the molecule is COc1ccc(CN(C[C@@H](O)COCc2ccco2)C[C@@H]2CCCO2)cc1OC. The van der Waals surface area contributed by atoms with E-state index in [9.17, 15) is 5.11 Å². The van der Waals surface area contributed by atoms with Crippen LogP contribution in [-0.2, 0) is 22.6 Å². The van der Waals surface area contributed by atoms with Gasteiger partial charge in [0.05, 0.1) is 39.3 Å². The predicted octanol–water partition coefficient (Wildman–Crippen LogP) is 2.86. The molecular formula is C22H31NO6. The summed E-state index contributed by atoms with van der Waals surface area (Å²) in [7, 11) is 3.26. The molecule has 0 radical (unpaired) electrons. The third-order valence-electron chi connectivity index (χ3n) is 4.94. The van der Waals surface area contributed by atoms with Crippen molar-refractivity contribution in [1.29, 1.82) is 0 Å². The van der Waals surface area contributed by atoms with Crippen molar-refractivity contribution in [2.24, 2.45) is 0 Å². The highest BCUT2D eigenvalue weighted by Crippen LogP contribution is 2.28. The largest absolute Gasteiger partial charge is 0.493 e. The van der Waals surface area contributed by atoms with Crippen molar-refractivity contribution in [3.8, 4) is 11.5 Å². The third kappa shape index (κ3) is 6.75. The zero-order valence-electron chi connectivity index (χ0n) is 17.2. The van der Waals surface area contributed by atoms with Crippen molar-refractivity contribution in [3.63, 3.8) is 0 Å². The maximum Gasteiger partial charge on any atom is 0.161 e. The molecule has 0 aliphatic carbocycles. The van der Waals surface area contributed by atoms with Crippen molar-refractivity contribution >= 4 is 0 Å². The highest BCUT2D eigenvalue weighted by Gasteiger charge is 2.22. The number of hydrogen-bond donors (Lipinski definition) is 1. The predicted molar refractivity (Wildman–Crippen MR) is 108 cm³/mol. The lowest BCUT2D eigenvalue weighted by molar-refractivity contribution is -0.00636. The summed E-state index contributed by atoms with van der Waals surface area (Å²) in [6.45, 7) is 3.34. The van der Waals surface area contributed by atoms with E-state index in [2.05, 4.69) is 4.90 Å². The minimum absolute atomic E-state index is 0.200. The van der Waals surface area contributed by atoms with Crippen LogP contribution in [0.5, 0.6) is 11.5 Å². The highest BCUT2D eigenvalue weighted by atomic mass is 16.5. The van der Waals surface area contributed by atoms with Crippen molar-refractivity contribution in [1.82, 2.24) is 4.90 Å². The van der Waals surface area contributed by atoms with Crippen molar-refractivity contribution in [2.75, 3.05) is 40.5 Å². The molecule has 1 aliphatic rings. The Bertz CT molecular complexity index is 714. The molecule has 2 heterocycles. The van der Waals surface area contributed by atoms with Gasteiger partial charge in [0.2, 0.25) is 0 Å². The number of aliphatic hydroxyl groups is 1. The number of aliphatic hydroxyl groups excluding tert-OH is 1. The van der Waals surface area contributed by atoms with Gasteiger partial charge in [0.15, 0.2) is 11.5 Å². The van der Waals surface area contributed by atoms with Crippen LogP contribution >= 0.6 is 0 Å². The smallest absolute Gasteiger partial charge is 0.161 e. The molecule has 1 aliphatic heterocycles. The van der Waals surface area contributed by atoms with E-state index in [-0.39, 0.29) is 12.7 Å². The Balaban J connectivity index is 1.57. The Kier molecular flexibility index (Phi) is 8.37. The summed E-state index contributed by atoms with van der Waals surface area (Å²) >= 11 is 0. The van der Waals surface area contributed by atoms with Crippen LogP contribution in [0.25, 0.3) is 0 Å². The molecule has 1 fully saturated rings. The summed E-state index contributed by atoms with van der Waals surface area (Å²) in [4.78, 5) is 2.21. The maximum atomic E-state index is 10.5. The molecule has 1 N–H and O–H groups in total. The van der Waals surface area contributed by atoms with Gasteiger partial charge >= 0.3 is 0 Å². The number of methoxy groups -OCH3 is 2. The standard InChI is InChI=1S/C22H31NO6/c1-25-21-8-7-17(11-22(21)26-2)12-23(14-19-5-3-9-28-19)13-18(24)15-27-16-20-6-4-10-29-20/h4,6-8,10-11,18-19,24H,3,5,9,12-16H2,1-2H3/t18-,19+/m1/s1. The topological polar surface area (TPSA) is 73.5 Å². The Morgan fingerprint density at radius 1 is 1.21 bits per heavy atom. The second-order valence-corrected chi connectivity index (χ2v) is 7.27. The van der Waals surface area contributed by atoms with Crippen molar-refractivity contribution < 1.29 is 28.5 Å². The van der Waals surface area contributed by atoms with Gasteiger partial charge < -0.3 is 28.5 Å². The first-order valence-electron chi connectivity index (χ1n) is 10.0. The first-order chi connectivity index (χ1) is 14.2. The van der Waals surface area contributed by atoms with Crippen LogP contribution in [-0.4, -0.2) is 62.7 Å². The molecule has 7 nitrogen and oxygen atoms in total. The van der Waals surface area contributed by atoms with Crippen LogP contribution in [0.3, 0.4) is 0 Å². The number of ether oxygens (including phenoxy) is 4. The lowest BCUT2D eigenvalue weighted by Gasteiger charge is -2.27. The van der Waals surface area contributed by atoms with Crippen molar-refractivity contribution in [3.05, 3.63) is 47.9 Å². The van der Waals surface area contributed by atoms with Gasteiger partial charge in [-0.1, -0.05) is 6.07 Å². The van der Waals surface area contributed by atoms with E-state index in [1.807, 2.05) is 30.3 Å². The van der Waals surface area contributed by atoms with Gasteiger partial charge in [-0.25, -0.2) is 0 Å². The Morgan fingerprint density at radius 3 is 2.76 bits per heavy atom. The minimum Gasteiger partial charge on any atom is -0.493 e. The average molecular weight is 405 g/mol. The van der Waals surface area contributed by atoms with Gasteiger partial charge in [-0.05, 0) is 42.7 Å². The Morgan fingerprint density at radius 2 is 2.07 bits per heavy atom. The van der Waals surface area contributed by atoms with Crippen molar-refractivity contribution in [2.45, 2.75) is 38.2 Å². The van der Waals surface area contributed by atoms with Gasteiger partial charge in [0, 0.05) is 26.2 Å². The zero-order valence-corrected chi connectivity index (χ0v) is 17.2. The first kappa shape index (κ1) is 21.6. The summed E-state index contributed by atoms with van der Waals surface area (Å²) in [6.07, 6.45) is 3.34. The molecule has 1 aromatic carbocycles. The van der Waals surface area contributed by atoms with E-state index >= 15 is 0 Å². The van der Waals surface area contributed by atoms with Crippen LogP contribution in [0.4, 0.5) is 0 Å². The monoisotopic (exact) mass is 405 g/mol. The molecule has 2 aromatic rings. The fraction of sp³-hybridized carbons (Fsp3) is 0.545. The molecule has 1 aromatic heterocycles. The molecule has 7 heteroatoms. The second kappa shape index (κ2) is 11.2. The maximum absolute atomic E-state index is 10.5. The summed E-state index contributed by atoms with van der Waals surface area (Å²) in [5.74, 6) is 2.15. The minimum atomic E-state index is -0.605.